The molecule has 1 N–H and O–H groups in total. The lowest BCUT2D eigenvalue weighted by Gasteiger charge is -2.64. The Kier molecular flexibility index (Phi) is 6.97. The number of likely N-dealkylation sites (tertiary alicyclic amines) is 1. The minimum atomic E-state index is -0.971. The van der Waals surface area contributed by atoms with Crippen molar-refractivity contribution in [2.24, 2.45) is 0 Å². The number of nitrogens with zero attached hydrogens (tertiary/aromatic N) is 2. The normalized spacial score (nSPS) is 29.0. The van der Waals surface area contributed by atoms with Gasteiger partial charge >= 0.3 is 0 Å². The average Bonchev–Trinajstić information content (AvgIpc) is 3.34. The van der Waals surface area contributed by atoms with Gasteiger partial charge in [-0.05, 0) is 73.5 Å². The summed E-state index contributed by atoms with van der Waals surface area (Å²) in [5.74, 6) is 1.42. The minimum Gasteiger partial charge on any atom is -0.493 e. The lowest BCUT2D eigenvalue weighted by atomic mass is 9.48. The molecule has 4 aliphatic rings. The molecule has 1 saturated carbocycles. The molecule has 0 aromatic heterocycles. The van der Waals surface area contributed by atoms with Gasteiger partial charge in [-0.1, -0.05) is 65.7 Å². The molecular formula is C34H36Cl2N2O4. The standard InChI is InChI=1S/C34H36Cl2N2O4/c1-37(29(39)19-22-8-10-24(35)25(36)18-22)26-12-14-34(40)28-20-23-9-11-27(41-2)31-30(23)33(34,32(26)42-31)15-17-38(28)16-13-21-6-4-3-5-7-21/h3-11,18,26,28,32,40H,12-17,19-20H2,1-2H3/t26?,28-,32?,33+,34-/m1/s1. The van der Waals surface area contributed by atoms with Gasteiger partial charge in [-0.2, -0.15) is 0 Å². The van der Waals surface area contributed by atoms with E-state index in [-0.39, 0.29) is 30.5 Å². The zero-order chi connectivity index (χ0) is 29.2. The first-order valence-corrected chi connectivity index (χ1v) is 15.6. The second kappa shape index (κ2) is 10.4. The summed E-state index contributed by atoms with van der Waals surface area (Å²) in [6, 6.07) is 19.8. The van der Waals surface area contributed by atoms with Crippen LogP contribution in [0.15, 0.2) is 60.7 Å². The number of aliphatic hydroxyl groups is 1. The molecule has 1 saturated heterocycles. The first kappa shape index (κ1) is 28.0. The number of benzene rings is 3. The van der Waals surface area contributed by atoms with E-state index >= 15 is 0 Å². The number of ether oxygens (including phenoxy) is 2. The van der Waals surface area contributed by atoms with Crippen molar-refractivity contribution in [2.75, 3.05) is 27.2 Å². The molecule has 2 aliphatic carbocycles. The molecule has 6 nitrogen and oxygen atoms in total. The van der Waals surface area contributed by atoms with E-state index < -0.39 is 11.0 Å². The molecule has 3 aromatic carbocycles. The molecule has 2 heterocycles. The molecule has 0 radical (unpaired) electrons. The summed E-state index contributed by atoms with van der Waals surface area (Å²) in [5, 5.41) is 13.8. The monoisotopic (exact) mass is 606 g/mol. The molecule has 8 heteroatoms. The van der Waals surface area contributed by atoms with E-state index in [0.717, 1.165) is 49.2 Å². The van der Waals surface area contributed by atoms with E-state index in [4.69, 9.17) is 32.7 Å². The predicted molar refractivity (Wildman–Crippen MR) is 164 cm³/mol. The fourth-order valence-corrected chi connectivity index (χ4v) is 8.79. The highest BCUT2D eigenvalue weighted by Crippen LogP contribution is 2.65. The van der Waals surface area contributed by atoms with Crippen LogP contribution in [0.1, 0.15) is 41.5 Å². The van der Waals surface area contributed by atoms with Gasteiger partial charge in [0.05, 0.1) is 40.6 Å². The Labute approximate surface area is 257 Å². The van der Waals surface area contributed by atoms with Crippen molar-refractivity contribution in [3.63, 3.8) is 0 Å². The Balaban J connectivity index is 1.23. The number of likely N-dealkylation sites (N-methyl/N-ethyl adjacent to an activating group) is 1. The van der Waals surface area contributed by atoms with E-state index in [0.29, 0.717) is 28.6 Å². The van der Waals surface area contributed by atoms with Crippen LogP contribution in [0.4, 0.5) is 0 Å². The highest BCUT2D eigenvalue weighted by atomic mass is 35.5. The van der Waals surface area contributed by atoms with E-state index in [2.05, 4.69) is 35.2 Å². The number of rotatable bonds is 7. The van der Waals surface area contributed by atoms with E-state index in [1.165, 1.54) is 11.1 Å². The van der Waals surface area contributed by atoms with Crippen molar-refractivity contribution in [3.8, 4) is 11.5 Å². The smallest absolute Gasteiger partial charge is 0.227 e. The molecule has 2 fully saturated rings. The molecule has 1 amide bonds. The van der Waals surface area contributed by atoms with Gasteiger partial charge in [0.1, 0.15) is 6.10 Å². The molecule has 7 rings (SSSR count). The topological polar surface area (TPSA) is 62.2 Å². The Morgan fingerprint density at radius 3 is 2.67 bits per heavy atom. The quantitative estimate of drug-likeness (QED) is 0.386. The van der Waals surface area contributed by atoms with Crippen molar-refractivity contribution in [2.45, 2.75) is 67.7 Å². The maximum absolute atomic E-state index is 13.7. The van der Waals surface area contributed by atoms with Crippen LogP contribution < -0.4 is 9.47 Å². The lowest BCUT2D eigenvalue weighted by molar-refractivity contribution is -0.199. The second-order valence-corrected chi connectivity index (χ2v) is 13.2. The fraction of sp³-hybridized carbons (Fsp3) is 0.441. The first-order chi connectivity index (χ1) is 20.3. The van der Waals surface area contributed by atoms with E-state index in [1.54, 1.807) is 19.2 Å². The van der Waals surface area contributed by atoms with Crippen LogP contribution >= 0.6 is 23.2 Å². The maximum Gasteiger partial charge on any atom is 0.227 e. The number of carbonyl (C=O) groups excluding carboxylic acids is 1. The zero-order valence-corrected chi connectivity index (χ0v) is 25.5. The molecule has 220 valence electrons. The number of piperidine rings is 1. The highest BCUT2D eigenvalue weighted by molar-refractivity contribution is 6.42. The van der Waals surface area contributed by atoms with Crippen LogP contribution in [-0.2, 0) is 29.5 Å². The minimum absolute atomic E-state index is 0.0142. The number of hydrogen-bond acceptors (Lipinski definition) is 5. The third kappa shape index (κ3) is 4.10. The molecule has 5 atom stereocenters. The molecular weight excluding hydrogens is 571 g/mol. The largest absolute Gasteiger partial charge is 0.493 e. The fourth-order valence-electron chi connectivity index (χ4n) is 8.47. The van der Waals surface area contributed by atoms with Crippen LogP contribution in [0, 0.1) is 0 Å². The van der Waals surface area contributed by atoms with Gasteiger partial charge in [0, 0.05) is 25.2 Å². The van der Waals surface area contributed by atoms with Crippen molar-refractivity contribution < 1.29 is 19.4 Å². The average molecular weight is 608 g/mol. The van der Waals surface area contributed by atoms with Crippen LogP contribution in [0.5, 0.6) is 11.5 Å². The summed E-state index contributed by atoms with van der Waals surface area (Å²) in [4.78, 5) is 18.0. The molecule has 2 bridgehead atoms. The molecule has 2 unspecified atom stereocenters. The summed E-state index contributed by atoms with van der Waals surface area (Å²) < 4.78 is 12.6. The lowest BCUT2D eigenvalue weighted by Crippen LogP contribution is -2.78. The summed E-state index contributed by atoms with van der Waals surface area (Å²) in [6.07, 6.45) is 3.57. The summed E-state index contributed by atoms with van der Waals surface area (Å²) >= 11 is 12.3. The van der Waals surface area contributed by atoms with Gasteiger partial charge in [0.2, 0.25) is 5.91 Å². The Morgan fingerprint density at radius 2 is 1.90 bits per heavy atom. The summed E-state index contributed by atoms with van der Waals surface area (Å²) in [7, 11) is 3.53. The first-order valence-electron chi connectivity index (χ1n) is 14.8. The van der Waals surface area contributed by atoms with Crippen LogP contribution in [0.25, 0.3) is 0 Å². The third-order valence-electron chi connectivity index (χ3n) is 10.5. The second-order valence-electron chi connectivity index (χ2n) is 12.3. The van der Waals surface area contributed by atoms with Gasteiger partial charge in [0.25, 0.3) is 0 Å². The number of carbonyl (C=O) groups is 1. The Bertz CT molecular complexity index is 1530. The number of amides is 1. The van der Waals surface area contributed by atoms with Gasteiger partial charge in [-0.25, -0.2) is 0 Å². The SMILES string of the molecule is COc1ccc2c3c1OC1C(N(C)C(=O)Cc4ccc(Cl)c(Cl)c4)CC[C@@]4(O)[C@@H](C2)N(CCc2ccccc2)CC[C@]314. The maximum atomic E-state index is 13.7. The Morgan fingerprint density at radius 1 is 1.10 bits per heavy atom. The van der Waals surface area contributed by atoms with Crippen molar-refractivity contribution in [1.82, 2.24) is 9.80 Å². The summed E-state index contributed by atoms with van der Waals surface area (Å²) in [5.41, 5.74) is 2.86. The Hall–Kier alpha value is -2.77. The zero-order valence-electron chi connectivity index (χ0n) is 24.0. The van der Waals surface area contributed by atoms with Crippen molar-refractivity contribution >= 4 is 29.1 Å². The third-order valence-corrected chi connectivity index (χ3v) is 11.2. The van der Waals surface area contributed by atoms with Crippen molar-refractivity contribution in [3.05, 3.63) is 93.0 Å². The van der Waals surface area contributed by atoms with Crippen LogP contribution in [0.2, 0.25) is 10.0 Å². The molecule has 2 aliphatic heterocycles. The molecule has 1 spiro atoms. The number of halogens is 2. The number of hydrogen-bond donors (Lipinski definition) is 1. The highest BCUT2D eigenvalue weighted by Gasteiger charge is 2.73. The molecule has 3 aromatic rings. The van der Waals surface area contributed by atoms with Gasteiger partial charge in [-0.3, -0.25) is 9.69 Å². The van der Waals surface area contributed by atoms with Crippen LogP contribution in [-0.4, -0.2) is 71.8 Å². The van der Waals surface area contributed by atoms with E-state index in [1.807, 2.05) is 30.1 Å². The van der Waals surface area contributed by atoms with Gasteiger partial charge < -0.3 is 19.5 Å². The van der Waals surface area contributed by atoms with Crippen molar-refractivity contribution in [1.29, 1.82) is 0 Å². The van der Waals surface area contributed by atoms with Crippen LogP contribution in [0.3, 0.4) is 0 Å². The van der Waals surface area contributed by atoms with E-state index in [9.17, 15) is 9.90 Å². The number of methoxy groups -OCH3 is 1. The predicted octanol–water partition coefficient (Wildman–Crippen LogP) is 5.47. The molecule has 42 heavy (non-hydrogen) atoms. The summed E-state index contributed by atoms with van der Waals surface area (Å²) in [6.45, 7) is 1.76. The van der Waals surface area contributed by atoms with Gasteiger partial charge in [0.15, 0.2) is 11.5 Å². The van der Waals surface area contributed by atoms with Gasteiger partial charge in [-0.15, -0.1) is 0 Å².